The van der Waals surface area contributed by atoms with E-state index >= 15 is 0 Å². The van der Waals surface area contributed by atoms with Crippen molar-refractivity contribution in [2.45, 2.75) is 24.7 Å². The first kappa shape index (κ1) is 37.3. The van der Waals surface area contributed by atoms with E-state index in [1.54, 1.807) is 0 Å². The largest absolute Gasteiger partial charge is 0.310 e. The first-order valence-electron chi connectivity index (χ1n) is 23.4. The van der Waals surface area contributed by atoms with Crippen LogP contribution in [0, 0.1) is 0 Å². The number of rotatable bonds is 4. The van der Waals surface area contributed by atoms with E-state index in [0.29, 0.717) is 0 Å². The summed E-state index contributed by atoms with van der Waals surface area (Å²) in [6, 6.07) is 82.6. The Morgan fingerprint density at radius 3 is 1.76 bits per heavy atom. The lowest BCUT2D eigenvalue weighted by molar-refractivity contribution is 0.660. The average molecular weight is 871 g/mol. The van der Waals surface area contributed by atoms with Crippen LogP contribution >= 0.6 is 11.3 Å². The molecule has 2 aromatic heterocycles. The predicted octanol–water partition coefficient (Wildman–Crippen LogP) is 17.3. The van der Waals surface area contributed by atoms with Crippen LogP contribution in [0.3, 0.4) is 0 Å². The summed E-state index contributed by atoms with van der Waals surface area (Å²) >= 11 is 1.87. The van der Waals surface area contributed by atoms with Crippen molar-refractivity contribution < 1.29 is 0 Å². The van der Waals surface area contributed by atoms with E-state index in [2.05, 4.69) is 242 Å². The fourth-order valence-electron chi connectivity index (χ4n) is 12.7. The van der Waals surface area contributed by atoms with Gasteiger partial charge in [0, 0.05) is 53.4 Å². The molecule has 1 spiro atoms. The maximum Gasteiger partial charge on any atom is 0.0755 e. The minimum Gasteiger partial charge on any atom is -0.310 e. The van der Waals surface area contributed by atoms with E-state index in [4.69, 9.17) is 0 Å². The van der Waals surface area contributed by atoms with Crippen molar-refractivity contribution in [1.29, 1.82) is 0 Å². The lowest BCUT2D eigenvalue weighted by Crippen LogP contribution is -2.33. The van der Waals surface area contributed by atoms with Gasteiger partial charge in [-0.3, -0.25) is 0 Å². The molecule has 2 aliphatic carbocycles. The van der Waals surface area contributed by atoms with E-state index in [1.165, 1.54) is 114 Å². The molecule has 1 aliphatic heterocycles. The summed E-state index contributed by atoms with van der Waals surface area (Å²) in [5.74, 6) is 0. The smallest absolute Gasteiger partial charge is 0.0755 e. The number of benzene rings is 10. The molecule has 3 heterocycles. The quantitative estimate of drug-likeness (QED) is 0.171. The van der Waals surface area contributed by atoms with E-state index in [9.17, 15) is 0 Å². The zero-order valence-corrected chi connectivity index (χ0v) is 37.9. The van der Waals surface area contributed by atoms with Gasteiger partial charge in [-0.1, -0.05) is 166 Å². The highest BCUT2D eigenvalue weighted by atomic mass is 32.1. The van der Waals surface area contributed by atoms with Gasteiger partial charge in [-0.2, -0.15) is 0 Å². The Bertz CT molecular complexity index is 4090. The van der Waals surface area contributed by atoms with Crippen LogP contribution in [0.5, 0.6) is 0 Å². The Labute approximate surface area is 393 Å². The Hall–Kier alpha value is -7.98. The third-order valence-electron chi connectivity index (χ3n) is 15.6. The van der Waals surface area contributed by atoms with Crippen molar-refractivity contribution in [2.24, 2.45) is 0 Å². The average Bonchev–Trinajstić information content (AvgIpc) is 4.08. The number of thiophene rings is 1. The molecular formula is C64H42N2S. The third-order valence-corrected chi connectivity index (χ3v) is 16.7. The normalized spacial score (nSPS) is 15.8. The predicted molar refractivity (Wildman–Crippen MR) is 282 cm³/mol. The topological polar surface area (TPSA) is 8.17 Å². The highest BCUT2D eigenvalue weighted by molar-refractivity contribution is 7.25. The van der Waals surface area contributed by atoms with Crippen LogP contribution in [0.4, 0.5) is 17.1 Å². The van der Waals surface area contributed by atoms with Crippen LogP contribution in [0.25, 0.3) is 81.0 Å². The zero-order valence-electron chi connectivity index (χ0n) is 37.1. The molecule has 0 amide bonds. The fraction of sp³-hybridized carbons (Fsp3) is 0.0625. The van der Waals surface area contributed by atoms with Gasteiger partial charge in [0.25, 0.3) is 0 Å². The highest BCUT2D eigenvalue weighted by Gasteiger charge is 2.51. The van der Waals surface area contributed by atoms with Gasteiger partial charge in [0.15, 0.2) is 0 Å². The van der Waals surface area contributed by atoms with E-state index in [0.717, 1.165) is 17.1 Å². The summed E-state index contributed by atoms with van der Waals surface area (Å²) in [6.45, 7) is 4.76. The van der Waals surface area contributed by atoms with Gasteiger partial charge >= 0.3 is 0 Å². The fourth-order valence-corrected chi connectivity index (χ4v) is 13.8. The van der Waals surface area contributed by atoms with Gasteiger partial charge in [0.1, 0.15) is 0 Å². The molecule has 3 heteroatoms. The summed E-state index contributed by atoms with van der Waals surface area (Å²) in [7, 11) is 0. The monoisotopic (exact) mass is 870 g/mol. The molecule has 3 aliphatic rings. The number of hydrogen-bond donors (Lipinski definition) is 0. The number of anilines is 3. The van der Waals surface area contributed by atoms with Crippen LogP contribution in [0.2, 0.25) is 0 Å². The summed E-state index contributed by atoms with van der Waals surface area (Å²) in [4.78, 5) is 2.50. The zero-order chi connectivity index (χ0) is 44.2. The van der Waals surface area contributed by atoms with Crippen LogP contribution in [0.1, 0.15) is 47.2 Å². The summed E-state index contributed by atoms with van der Waals surface area (Å²) in [5.41, 5.74) is 22.2. The molecule has 0 bridgehead atoms. The summed E-state index contributed by atoms with van der Waals surface area (Å²) in [5, 5.41) is 5.22. The Morgan fingerprint density at radius 1 is 0.373 bits per heavy atom. The molecule has 15 rings (SSSR count). The van der Waals surface area contributed by atoms with Crippen molar-refractivity contribution in [3.63, 3.8) is 0 Å². The molecule has 0 saturated carbocycles. The minimum absolute atomic E-state index is 0.144. The van der Waals surface area contributed by atoms with Gasteiger partial charge in [0.2, 0.25) is 0 Å². The van der Waals surface area contributed by atoms with Gasteiger partial charge in [-0.05, 0) is 133 Å². The lowest BCUT2D eigenvalue weighted by atomic mass is 9.65. The van der Waals surface area contributed by atoms with Crippen LogP contribution < -0.4 is 4.90 Å². The Morgan fingerprint density at radius 2 is 0.940 bits per heavy atom. The van der Waals surface area contributed by atoms with Gasteiger partial charge in [-0.25, -0.2) is 0 Å². The first-order valence-corrected chi connectivity index (χ1v) is 24.2. The second-order valence-electron chi connectivity index (χ2n) is 19.2. The number of hydrogen-bond acceptors (Lipinski definition) is 2. The van der Waals surface area contributed by atoms with Crippen molar-refractivity contribution in [3.05, 3.63) is 252 Å². The highest BCUT2D eigenvalue weighted by Crippen LogP contribution is 2.62. The SMILES string of the molecule is CC1(C)c2ccccc2-c2ccc(N(c3ccc(-c4ccc5sc6ccccc6c5c4)cc3)c3ccc4c(c3)C3(c5ccccc5-4)c4ccccc4-n4c5ccccc5c5cccc3c54)cc21. The molecular weight excluding hydrogens is 829 g/mol. The van der Waals surface area contributed by atoms with Gasteiger partial charge in [0.05, 0.1) is 22.1 Å². The lowest BCUT2D eigenvalue weighted by Gasteiger charge is -2.40. The molecule has 1 atom stereocenters. The molecule has 0 N–H and O–H groups in total. The molecule has 1 unspecified atom stereocenters. The molecule has 10 aromatic carbocycles. The first-order chi connectivity index (χ1) is 33.0. The molecule has 0 radical (unpaired) electrons. The maximum atomic E-state index is 2.53. The number of para-hydroxylation sites is 3. The number of fused-ring (bicyclic) bond motifs is 18. The second-order valence-corrected chi connectivity index (χ2v) is 20.3. The second kappa shape index (κ2) is 13.3. The van der Waals surface area contributed by atoms with Crippen molar-refractivity contribution >= 4 is 70.4 Å². The Kier molecular flexibility index (Phi) is 7.41. The maximum absolute atomic E-state index is 2.53. The summed E-state index contributed by atoms with van der Waals surface area (Å²) in [6.07, 6.45) is 0. The minimum atomic E-state index is -0.552. The number of aromatic nitrogens is 1. The van der Waals surface area contributed by atoms with Crippen LogP contribution in [-0.2, 0) is 10.8 Å². The number of nitrogens with zero attached hydrogens (tertiary/aromatic N) is 2. The Balaban J connectivity index is 0.967. The van der Waals surface area contributed by atoms with Gasteiger partial charge < -0.3 is 9.47 Å². The van der Waals surface area contributed by atoms with E-state index in [1.807, 2.05) is 11.3 Å². The molecule has 0 saturated heterocycles. The third kappa shape index (κ3) is 4.84. The van der Waals surface area contributed by atoms with Crippen molar-refractivity contribution in [3.8, 4) is 39.1 Å². The molecule has 67 heavy (non-hydrogen) atoms. The molecule has 12 aromatic rings. The van der Waals surface area contributed by atoms with Crippen molar-refractivity contribution in [2.75, 3.05) is 4.90 Å². The molecule has 2 nitrogen and oxygen atoms in total. The van der Waals surface area contributed by atoms with Crippen LogP contribution in [-0.4, -0.2) is 4.57 Å². The van der Waals surface area contributed by atoms with E-state index in [-0.39, 0.29) is 5.41 Å². The van der Waals surface area contributed by atoms with Gasteiger partial charge in [-0.15, -0.1) is 11.3 Å². The molecule has 314 valence electrons. The standard InChI is InChI=1S/C64H42N2S/c1-63(2)52-19-7-3-14-44(52)46-33-31-42(37-56(46)63)65(41-29-26-39(27-30-41)40-28-35-61-51(36-40)49-17-6-12-25-60(49)67-61)43-32-34-47-45-15-4-8-20-53(45)64(57(47)38-43)54-21-9-11-24-59(54)66-58-23-10-5-16-48(58)50-18-13-22-55(64)62(50)66/h3-38H,1-2H3. The summed E-state index contributed by atoms with van der Waals surface area (Å²) < 4.78 is 5.18. The van der Waals surface area contributed by atoms with Crippen molar-refractivity contribution in [1.82, 2.24) is 4.57 Å². The van der Waals surface area contributed by atoms with Crippen LogP contribution in [0.15, 0.2) is 218 Å². The molecule has 0 fully saturated rings. The van der Waals surface area contributed by atoms with E-state index < -0.39 is 5.41 Å².